The Kier molecular flexibility index (Phi) is 2.99. The van der Waals surface area contributed by atoms with Crippen molar-refractivity contribution in [3.05, 3.63) is 41.5 Å². The Hall–Kier alpha value is -1.82. The Morgan fingerprint density at radius 2 is 2.14 bits per heavy atom. The molecule has 5 nitrogen and oxygen atoms in total. The molecule has 0 saturated heterocycles. The predicted molar refractivity (Wildman–Crippen MR) is 80.0 cm³/mol. The van der Waals surface area contributed by atoms with Crippen LogP contribution >= 0.6 is 11.8 Å². The Labute approximate surface area is 127 Å². The first-order valence-electron chi connectivity index (χ1n) is 7.14. The van der Waals surface area contributed by atoms with Gasteiger partial charge in [0.05, 0.1) is 11.8 Å². The number of aromatic nitrogens is 3. The molecule has 0 radical (unpaired) electrons. The largest absolute Gasteiger partial charge is 0.332 e. The summed E-state index contributed by atoms with van der Waals surface area (Å²) in [5.41, 5.74) is 1.29. The van der Waals surface area contributed by atoms with Crippen LogP contribution in [0.3, 0.4) is 0 Å². The van der Waals surface area contributed by atoms with Crippen LogP contribution in [0, 0.1) is 6.92 Å². The summed E-state index contributed by atoms with van der Waals surface area (Å²) in [7, 11) is 0. The van der Waals surface area contributed by atoms with Gasteiger partial charge in [0, 0.05) is 18.0 Å². The fourth-order valence-electron chi connectivity index (χ4n) is 3.01. The van der Waals surface area contributed by atoms with Crippen LogP contribution in [0.1, 0.15) is 17.2 Å². The minimum atomic E-state index is 0.0120. The maximum Gasteiger partial charge on any atom is 0.236 e. The predicted octanol–water partition coefficient (Wildman–Crippen LogP) is 1.65. The topological polar surface area (TPSA) is 51.0 Å². The van der Waals surface area contributed by atoms with Gasteiger partial charge in [-0.3, -0.25) is 4.79 Å². The van der Waals surface area contributed by atoms with Gasteiger partial charge in [-0.05, 0) is 25.0 Å². The maximum absolute atomic E-state index is 12.7. The number of amides is 1. The monoisotopic (exact) mass is 300 g/mol. The number of carbonyl (C=O) groups is 1. The molecule has 1 unspecified atom stereocenters. The molecule has 0 N–H and O–H groups in total. The van der Waals surface area contributed by atoms with E-state index in [0.29, 0.717) is 6.54 Å². The lowest BCUT2D eigenvalue weighted by atomic mass is 10.1. The molecule has 2 aromatic rings. The van der Waals surface area contributed by atoms with Gasteiger partial charge < -0.3 is 9.47 Å². The lowest BCUT2D eigenvalue weighted by molar-refractivity contribution is -0.132. The van der Waals surface area contributed by atoms with E-state index in [1.807, 2.05) is 24.0 Å². The van der Waals surface area contributed by atoms with Crippen molar-refractivity contribution >= 4 is 17.7 Å². The van der Waals surface area contributed by atoms with Gasteiger partial charge in [-0.25, -0.2) is 0 Å². The zero-order valence-corrected chi connectivity index (χ0v) is 12.6. The smallest absolute Gasteiger partial charge is 0.236 e. The highest BCUT2D eigenvalue weighted by atomic mass is 32.2. The third-order valence-corrected chi connectivity index (χ3v) is 5.48. The van der Waals surface area contributed by atoms with E-state index in [4.69, 9.17) is 0 Å². The zero-order chi connectivity index (χ0) is 14.4. The second kappa shape index (κ2) is 4.87. The molecule has 1 aromatic carbocycles. The molecule has 0 bridgehead atoms. The summed E-state index contributed by atoms with van der Waals surface area (Å²) < 4.78 is 2.10. The number of thioether (sulfide) groups is 1. The average Bonchev–Trinajstić information content (AvgIpc) is 3.10. The zero-order valence-electron chi connectivity index (χ0n) is 11.8. The fraction of sp³-hybridized carbons (Fsp3) is 0.400. The summed E-state index contributed by atoms with van der Waals surface area (Å²) in [6.45, 7) is 4.08. The summed E-state index contributed by atoms with van der Waals surface area (Å²) in [4.78, 5) is 15.9. The van der Waals surface area contributed by atoms with Crippen LogP contribution in [-0.2, 0) is 24.3 Å². The second-order valence-electron chi connectivity index (χ2n) is 5.49. The van der Waals surface area contributed by atoms with Crippen molar-refractivity contribution in [3.63, 3.8) is 0 Å². The lowest BCUT2D eigenvalue weighted by Gasteiger charge is -2.29. The molecule has 4 rings (SSSR count). The highest BCUT2D eigenvalue weighted by Crippen LogP contribution is 2.37. The van der Waals surface area contributed by atoms with E-state index in [-0.39, 0.29) is 11.2 Å². The Morgan fingerprint density at radius 3 is 3.00 bits per heavy atom. The normalized spacial score (nSPS) is 20.2. The second-order valence-corrected chi connectivity index (χ2v) is 6.74. The Bertz CT molecular complexity index is 686. The number of carbonyl (C=O) groups excluding carboxylic acids is 1. The van der Waals surface area contributed by atoms with Gasteiger partial charge in [0.15, 0.2) is 5.82 Å². The molecule has 0 aliphatic carbocycles. The van der Waals surface area contributed by atoms with E-state index in [1.165, 1.54) is 10.5 Å². The molecule has 0 fully saturated rings. The van der Waals surface area contributed by atoms with Crippen LogP contribution < -0.4 is 0 Å². The van der Waals surface area contributed by atoms with Crippen LogP contribution in [0.2, 0.25) is 0 Å². The highest BCUT2D eigenvalue weighted by molar-refractivity contribution is 8.01. The van der Waals surface area contributed by atoms with Crippen molar-refractivity contribution in [2.75, 3.05) is 6.54 Å². The number of nitrogens with zero attached hydrogens (tertiary/aromatic N) is 4. The van der Waals surface area contributed by atoms with Crippen molar-refractivity contribution < 1.29 is 4.79 Å². The van der Waals surface area contributed by atoms with E-state index < -0.39 is 0 Å². The summed E-state index contributed by atoms with van der Waals surface area (Å²) in [6, 6.07) is 8.29. The van der Waals surface area contributed by atoms with Gasteiger partial charge in [-0.15, -0.1) is 22.0 Å². The Balaban J connectivity index is 1.50. The summed E-state index contributed by atoms with van der Waals surface area (Å²) in [6.07, 6.45) is 0.835. The maximum atomic E-state index is 12.7. The first-order chi connectivity index (χ1) is 10.2. The van der Waals surface area contributed by atoms with Crippen LogP contribution in [0.25, 0.3) is 0 Å². The van der Waals surface area contributed by atoms with Crippen LogP contribution in [0.4, 0.5) is 0 Å². The molecule has 6 heteroatoms. The van der Waals surface area contributed by atoms with Gasteiger partial charge in [-0.2, -0.15) is 0 Å². The Morgan fingerprint density at radius 1 is 1.29 bits per heavy atom. The van der Waals surface area contributed by atoms with E-state index in [2.05, 4.69) is 26.9 Å². The van der Waals surface area contributed by atoms with Crippen LogP contribution in [0.5, 0.6) is 0 Å². The molecule has 21 heavy (non-hydrogen) atoms. The van der Waals surface area contributed by atoms with Crippen molar-refractivity contribution in [1.82, 2.24) is 19.7 Å². The summed E-state index contributed by atoms with van der Waals surface area (Å²) >= 11 is 1.69. The number of hydrogen-bond acceptors (Lipinski definition) is 4. The molecule has 0 spiro atoms. The molecular formula is C15H16N4OS. The molecule has 1 amide bonds. The van der Waals surface area contributed by atoms with Crippen LogP contribution in [0.15, 0.2) is 29.2 Å². The van der Waals surface area contributed by atoms with Gasteiger partial charge in [0.25, 0.3) is 0 Å². The molecule has 2 aliphatic heterocycles. The van der Waals surface area contributed by atoms with E-state index in [9.17, 15) is 4.79 Å². The minimum absolute atomic E-state index is 0.0120. The average molecular weight is 300 g/mol. The van der Waals surface area contributed by atoms with Gasteiger partial charge in [0.1, 0.15) is 5.82 Å². The molecule has 1 atom stereocenters. The van der Waals surface area contributed by atoms with E-state index >= 15 is 0 Å². The number of rotatable bonds is 1. The first-order valence-corrected chi connectivity index (χ1v) is 8.02. The van der Waals surface area contributed by atoms with Crippen LogP contribution in [-0.4, -0.2) is 37.4 Å². The third-order valence-electron chi connectivity index (χ3n) is 4.17. The molecule has 108 valence electrons. The fourth-order valence-corrected chi connectivity index (χ4v) is 4.29. The number of fused-ring (bicyclic) bond motifs is 2. The molecule has 0 saturated carbocycles. The van der Waals surface area contributed by atoms with Crippen molar-refractivity contribution in [2.45, 2.75) is 36.6 Å². The number of aryl methyl sites for hydroxylation is 1. The van der Waals surface area contributed by atoms with E-state index in [0.717, 1.165) is 31.2 Å². The number of hydrogen-bond donors (Lipinski definition) is 0. The highest BCUT2D eigenvalue weighted by Gasteiger charge is 2.33. The number of benzene rings is 1. The minimum Gasteiger partial charge on any atom is -0.332 e. The van der Waals surface area contributed by atoms with Crippen molar-refractivity contribution in [1.29, 1.82) is 0 Å². The standard InChI is InChI=1S/C15H16N4OS/c1-10-16-17-14-9-18(6-7-19(10)14)15(20)13-8-11-4-2-3-5-12(11)21-13/h2-5,13H,6-9H2,1H3. The SMILES string of the molecule is Cc1nnc2n1CCN(C(=O)C1Cc3ccccc3S1)C2. The van der Waals surface area contributed by atoms with Gasteiger partial charge >= 0.3 is 0 Å². The quantitative estimate of drug-likeness (QED) is 0.803. The molecule has 3 heterocycles. The van der Waals surface area contributed by atoms with Gasteiger partial charge in [0.2, 0.25) is 5.91 Å². The molecule has 2 aliphatic rings. The van der Waals surface area contributed by atoms with Crippen molar-refractivity contribution in [2.24, 2.45) is 0 Å². The van der Waals surface area contributed by atoms with Gasteiger partial charge in [-0.1, -0.05) is 18.2 Å². The summed E-state index contributed by atoms with van der Waals surface area (Å²) in [5.74, 6) is 2.05. The summed E-state index contributed by atoms with van der Waals surface area (Å²) in [5, 5.41) is 8.27. The first kappa shape index (κ1) is 12.9. The van der Waals surface area contributed by atoms with Crippen molar-refractivity contribution in [3.8, 4) is 0 Å². The van der Waals surface area contributed by atoms with E-state index in [1.54, 1.807) is 11.8 Å². The lowest BCUT2D eigenvalue weighted by Crippen LogP contribution is -2.42. The molecule has 1 aromatic heterocycles. The third kappa shape index (κ3) is 2.14. The molecular weight excluding hydrogens is 284 g/mol.